The number of methoxy groups -OCH3 is 1. The molecule has 216 valence electrons. The van der Waals surface area contributed by atoms with Crippen molar-refractivity contribution in [3.8, 4) is 5.75 Å². The standard InChI is InChI=1S/C29H44N4O5S/c1-21-20-26(37-7)22(2)23(3)28(21)39(35,36)32(6)17-11-16-30-29(34)38-33-18-14-25(15-19-33)27(31(4)5)24-12-9-8-10-13-24/h8-10,12-13,20,25,27H,11,14-19H2,1-7H3,(H,30,34). The third kappa shape index (κ3) is 7.51. The van der Waals surface area contributed by atoms with Gasteiger partial charge in [0.1, 0.15) is 5.75 Å². The van der Waals surface area contributed by atoms with E-state index in [4.69, 9.17) is 9.57 Å². The SMILES string of the molecule is COc1cc(C)c(S(=O)(=O)N(C)CCCNC(=O)ON2CCC(C(c3ccccc3)N(C)C)CC2)c(C)c1C. The van der Waals surface area contributed by atoms with Gasteiger partial charge in [-0.3, -0.25) is 0 Å². The molecule has 3 rings (SSSR count). The first-order valence-electron chi connectivity index (χ1n) is 13.5. The monoisotopic (exact) mass is 560 g/mol. The van der Waals surface area contributed by atoms with E-state index in [1.165, 1.54) is 9.87 Å². The molecular weight excluding hydrogens is 516 g/mol. The fraction of sp³-hybridized carbons (Fsp3) is 0.552. The second kappa shape index (κ2) is 13.6. The number of hydrogen-bond acceptors (Lipinski definition) is 7. The highest BCUT2D eigenvalue weighted by molar-refractivity contribution is 7.89. The molecule has 1 saturated heterocycles. The van der Waals surface area contributed by atoms with Crippen LogP contribution < -0.4 is 10.1 Å². The number of benzene rings is 2. The molecule has 0 saturated carbocycles. The van der Waals surface area contributed by atoms with Crippen molar-refractivity contribution in [3.63, 3.8) is 0 Å². The minimum absolute atomic E-state index is 0.267. The Labute approximate surface area is 234 Å². The third-order valence-corrected chi connectivity index (χ3v) is 9.79. The highest BCUT2D eigenvalue weighted by Crippen LogP contribution is 2.34. The highest BCUT2D eigenvalue weighted by Gasteiger charge is 2.30. The van der Waals surface area contributed by atoms with E-state index in [1.54, 1.807) is 39.1 Å². The van der Waals surface area contributed by atoms with Crippen LogP contribution in [0.15, 0.2) is 41.3 Å². The molecule has 9 nitrogen and oxygen atoms in total. The average Bonchev–Trinajstić information content (AvgIpc) is 2.90. The Balaban J connectivity index is 1.45. The van der Waals surface area contributed by atoms with Crippen molar-refractivity contribution in [2.24, 2.45) is 5.92 Å². The van der Waals surface area contributed by atoms with Gasteiger partial charge in [0.2, 0.25) is 10.0 Å². The summed E-state index contributed by atoms with van der Waals surface area (Å²) in [7, 11) is 3.67. The number of sulfonamides is 1. The van der Waals surface area contributed by atoms with Crippen LogP contribution in [0.1, 0.15) is 47.6 Å². The number of ether oxygens (including phenoxy) is 1. The zero-order chi connectivity index (χ0) is 28.7. The molecule has 0 bridgehead atoms. The van der Waals surface area contributed by atoms with Crippen molar-refractivity contribution >= 4 is 16.1 Å². The van der Waals surface area contributed by atoms with E-state index in [0.29, 0.717) is 59.8 Å². The average molecular weight is 561 g/mol. The van der Waals surface area contributed by atoms with Gasteiger partial charge in [0.15, 0.2) is 0 Å². The van der Waals surface area contributed by atoms with Gasteiger partial charge in [-0.1, -0.05) is 30.3 Å². The minimum atomic E-state index is -3.69. The van der Waals surface area contributed by atoms with Crippen LogP contribution >= 0.6 is 0 Å². The lowest BCUT2D eigenvalue weighted by Crippen LogP contribution is -2.42. The van der Waals surface area contributed by atoms with Gasteiger partial charge in [-0.25, -0.2) is 17.5 Å². The number of carbonyl (C=O) groups is 1. The predicted octanol–water partition coefficient (Wildman–Crippen LogP) is 4.29. The van der Waals surface area contributed by atoms with Gasteiger partial charge in [0.05, 0.1) is 12.0 Å². The number of amides is 1. The van der Waals surface area contributed by atoms with Gasteiger partial charge in [-0.2, -0.15) is 0 Å². The number of hydrogen-bond donors (Lipinski definition) is 1. The summed E-state index contributed by atoms with van der Waals surface area (Å²) in [6.07, 6.45) is 1.81. The van der Waals surface area contributed by atoms with Crippen LogP contribution in [0.5, 0.6) is 5.75 Å². The molecule has 0 aliphatic carbocycles. The van der Waals surface area contributed by atoms with Crippen LogP contribution in [0.25, 0.3) is 0 Å². The predicted molar refractivity (Wildman–Crippen MR) is 153 cm³/mol. The maximum Gasteiger partial charge on any atom is 0.426 e. The zero-order valence-electron chi connectivity index (χ0n) is 24.4. The molecular formula is C29H44N4O5S. The van der Waals surface area contributed by atoms with E-state index in [0.717, 1.165) is 18.4 Å². The molecule has 1 unspecified atom stereocenters. The molecule has 39 heavy (non-hydrogen) atoms. The molecule has 0 spiro atoms. The smallest absolute Gasteiger partial charge is 0.426 e. The molecule has 1 heterocycles. The third-order valence-electron chi connectivity index (χ3n) is 7.64. The number of nitrogens with zero attached hydrogens (tertiary/aromatic N) is 3. The second-order valence-electron chi connectivity index (χ2n) is 10.5. The first kappa shape index (κ1) is 30.9. The summed E-state index contributed by atoms with van der Waals surface area (Å²) in [5.74, 6) is 1.15. The largest absolute Gasteiger partial charge is 0.496 e. The van der Waals surface area contributed by atoms with E-state index in [-0.39, 0.29) is 6.54 Å². The molecule has 0 aromatic heterocycles. The molecule has 1 N–H and O–H groups in total. The number of nitrogens with one attached hydrogen (secondary N) is 1. The van der Waals surface area contributed by atoms with Crippen LogP contribution in [-0.4, -0.2) is 83.2 Å². The molecule has 10 heteroatoms. The zero-order valence-corrected chi connectivity index (χ0v) is 25.2. The minimum Gasteiger partial charge on any atom is -0.496 e. The summed E-state index contributed by atoms with van der Waals surface area (Å²) >= 11 is 0. The Morgan fingerprint density at radius 3 is 2.31 bits per heavy atom. The van der Waals surface area contributed by atoms with E-state index in [2.05, 4.69) is 48.6 Å². The molecule has 1 atom stereocenters. The fourth-order valence-corrected chi connectivity index (χ4v) is 7.16. The number of piperidine rings is 1. The summed E-state index contributed by atoms with van der Waals surface area (Å²) in [6.45, 7) is 7.36. The first-order chi connectivity index (χ1) is 18.5. The molecule has 0 radical (unpaired) electrons. The van der Waals surface area contributed by atoms with Crippen molar-refractivity contribution in [3.05, 3.63) is 58.7 Å². The van der Waals surface area contributed by atoms with E-state index in [9.17, 15) is 13.2 Å². The quantitative estimate of drug-likeness (QED) is 0.410. The van der Waals surface area contributed by atoms with Crippen molar-refractivity contribution in [1.29, 1.82) is 0 Å². The van der Waals surface area contributed by atoms with Crippen LogP contribution in [0.2, 0.25) is 0 Å². The Hall–Kier alpha value is -2.66. The molecule has 1 aliphatic rings. The van der Waals surface area contributed by atoms with Gasteiger partial charge in [-0.15, -0.1) is 5.06 Å². The topological polar surface area (TPSA) is 91.4 Å². The van der Waals surface area contributed by atoms with E-state index >= 15 is 0 Å². The molecule has 2 aromatic rings. The van der Waals surface area contributed by atoms with Crippen molar-refractivity contribution < 1.29 is 22.8 Å². The van der Waals surface area contributed by atoms with Gasteiger partial charge >= 0.3 is 6.09 Å². The molecule has 1 aliphatic heterocycles. The molecule has 2 aromatic carbocycles. The lowest BCUT2D eigenvalue weighted by molar-refractivity contribution is -0.122. The summed E-state index contributed by atoms with van der Waals surface area (Å²) in [5.41, 5.74) is 3.44. The summed E-state index contributed by atoms with van der Waals surface area (Å²) in [5, 5.41) is 4.47. The maximum atomic E-state index is 13.3. The fourth-order valence-electron chi connectivity index (χ4n) is 5.47. The lowest BCUT2D eigenvalue weighted by Gasteiger charge is -2.38. The number of carbonyl (C=O) groups excluding carboxylic acids is 1. The normalized spacial score (nSPS) is 15.9. The van der Waals surface area contributed by atoms with Gasteiger partial charge < -0.3 is 19.8 Å². The molecule has 1 fully saturated rings. The Morgan fingerprint density at radius 2 is 1.72 bits per heavy atom. The maximum absolute atomic E-state index is 13.3. The van der Waals surface area contributed by atoms with Crippen LogP contribution in [0.3, 0.4) is 0 Å². The van der Waals surface area contributed by atoms with Crippen LogP contribution in [0, 0.1) is 26.7 Å². The lowest BCUT2D eigenvalue weighted by atomic mass is 9.85. The Morgan fingerprint density at radius 1 is 1.08 bits per heavy atom. The van der Waals surface area contributed by atoms with Crippen molar-refractivity contribution in [1.82, 2.24) is 19.6 Å². The molecule has 1 amide bonds. The summed E-state index contributed by atoms with van der Waals surface area (Å²) in [4.78, 5) is 20.5. The van der Waals surface area contributed by atoms with Gasteiger partial charge in [-0.05, 0) is 88.4 Å². The summed E-state index contributed by atoms with van der Waals surface area (Å²) in [6, 6.07) is 12.6. The van der Waals surface area contributed by atoms with Crippen LogP contribution in [0.4, 0.5) is 4.79 Å². The Kier molecular flexibility index (Phi) is 10.8. The Bertz CT molecular complexity index is 1210. The summed E-state index contributed by atoms with van der Waals surface area (Å²) < 4.78 is 33.3. The van der Waals surface area contributed by atoms with Crippen molar-refractivity contribution in [2.45, 2.75) is 51.0 Å². The van der Waals surface area contributed by atoms with Gasteiger partial charge in [0.25, 0.3) is 0 Å². The second-order valence-corrected chi connectivity index (χ2v) is 12.5. The van der Waals surface area contributed by atoms with E-state index < -0.39 is 16.1 Å². The van der Waals surface area contributed by atoms with E-state index in [1.807, 2.05) is 13.0 Å². The van der Waals surface area contributed by atoms with Crippen LogP contribution in [-0.2, 0) is 14.9 Å². The van der Waals surface area contributed by atoms with Crippen molar-refractivity contribution in [2.75, 3.05) is 54.4 Å². The number of aryl methyl sites for hydroxylation is 1. The van der Waals surface area contributed by atoms with Gasteiger partial charge in [0, 0.05) is 39.3 Å². The first-order valence-corrected chi connectivity index (χ1v) is 14.9. The highest BCUT2D eigenvalue weighted by atomic mass is 32.2. The number of rotatable bonds is 11. The number of hydroxylamine groups is 2.